The molecule has 98 valence electrons. The number of hydrogen-bond donors (Lipinski definition) is 1. The van der Waals surface area contributed by atoms with E-state index < -0.39 is 0 Å². The fourth-order valence-electron chi connectivity index (χ4n) is 2.38. The van der Waals surface area contributed by atoms with E-state index in [0.717, 1.165) is 24.4 Å². The van der Waals surface area contributed by atoms with Gasteiger partial charge in [-0.25, -0.2) is 0 Å². The highest BCUT2D eigenvalue weighted by Crippen LogP contribution is 2.23. The summed E-state index contributed by atoms with van der Waals surface area (Å²) >= 11 is 0. The molecule has 0 aliphatic carbocycles. The maximum atomic E-state index is 12.4. The molecule has 1 saturated heterocycles. The zero-order chi connectivity index (χ0) is 13.1. The van der Waals surface area contributed by atoms with Crippen molar-refractivity contribution in [1.82, 2.24) is 5.32 Å². The van der Waals surface area contributed by atoms with Crippen molar-refractivity contribution in [3.8, 4) is 5.75 Å². The second-order valence-electron chi connectivity index (χ2n) is 4.73. The molecule has 1 amide bonds. The second kappa shape index (κ2) is 5.40. The standard InChI is InChI=1S/C14H20N2O2/c1-10-13(8-9-15-10)14(17)16(2)11-4-6-12(18-3)7-5-11/h4-7,10,13,15H,8-9H2,1-3H3. The van der Waals surface area contributed by atoms with Crippen LogP contribution >= 0.6 is 0 Å². The summed E-state index contributed by atoms with van der Waals surface area (Å²) in [7, 11) is 3.46. The third kappa shape index (κ3) is 2.48. The van der Waals surface area contributed by atoms with Gasteiger partial charge in [-0.15, -0.1) is 0 Å². The Morgan fingerprint density at radius 2 is 2.06 bits per heavy atom. The lowest BCUT2D eigenvalue weighted by molar-refractivity contribution is -0.122. The number of amides is 1. The van der Waals surface area contributed by atoms with Crippen molar-refractivity contribution in [3.63, 3.8) is 0 Å². The van der Waals surface area contributed by atoms with Crippen molar-refractivity contribution in [2.75, 3.05) is 25.6 Å². The van der Waals surface area contributed by atoms with Crippen molar-refractivity contribution in [1.29, 1.82) is 0 Å². The first kappa shape index (κ1) is 12.9. The minimum atomic E-state index is 0.0806. The maximum absolute atomic E-state index is 12.4. The highest BCUT2D eigenvalue weighted by atomic mass is 16.5. The number of rotatable bonds is 3. The summed E-state index contributed by atoms with van der Waals surface area (Å²) in [5, 5.41) is 3.31. The highest BCUT2D eigenvalue weighted by molar-refractivity contribution is 5.95. The summed E-state index contributed by atoms with van der Waals surface area (Å²) < 4.78 is 5.11. The summed E-state index contributed by atoms with van der Waals surface area (Å²) in [4.78, 5) is 14.1. The number of carbonyl (C=O) groups is 1. The fourth-order valence-corrected chi connectivity index (χ4v) is 2.38. The number of carbonyl (C=O) groups excluding carboxylic acids is 1. The van der Waals surface area contributed by atoms with Crippen LogP contribution in [0, 0.1) is 5.92 Å². The van der Waals surface area contributed by atoms with Gasteiger partial charge < -0.3 is 15.0 Å². The van der Waals surface area contributed by atoms with Gasteiger partial charge in [0.25, 0.3) is 0 Å². The Kier molecular flexibility index (Phi) is 3.87. The Morgan fingerprint density at radius 3 is 2.56 bits per heavy atom. The number of hydrogen-bond acceptors (Lipinski definition) is 3. The molecule has 1 aliphatic rings. The van der Waals surface area contributed by atoms with Crippen LogP contribution in [-0.4, -0.2) is 32.7 Å². The summed E-state index contributed by atoms with van der Waals surface area (Å²) in [6.45, 7) is 2.99. The number of anilines is 1. The van der Waals surface area contributed by atoms with Crippen molar-refractivity contribution >= 4 is 11.6 Å². The Bertz CT molecular complexity index is 416. The van der Waals surface area contributed by atoms with E-state index in [4.69, 9.17) is 4.74 Å². The van der Waals surface area contributed by atoms with Crippen LogP contribution < -0.4 is 15.0 Å². The molecule has 1 heterocycles. The van der Waals surface area contributed by atoms with E-state index in [0.29, 0.717) is 0 Å². The van der Waals surface area contributed by atoms with Gasteiger partial charge in [0.05, 0.1) is 13.0 Å². The quantitative estimate of drug-likeness (QED) is 0.884. The van der Waals surface area contributed by atoms with Crippen LogP contribution in [0.1, 0.15) is 13.3 Å². The van der Waals surface area contributed by atoms with Crippen molar-refractivity contribution in [2.45, 2.75) is 19.4 Å². The third-order valence-electron chi connectivity index (χ3n) is 3.63. The molecule has 1 aliphatic heterocycles. The highest BCUT2D eigenvalue weighted by Gasteiger charge is 2.31. The molecule has 1 aromatic carbocycles. The van der Waals surface area contributed by atoms with Crippen LogP contribution in [0.15, 0.2) is 24.3 Å². The maximum Gasteiger partial charge on any atom is 0.231 e. The van der Waals surface area contributed by atoms with Gasteiger partial charge in [-0.05, 0) is 44.2 Å². The molecule has 18 heavy (non-hydrogen) atoms. The van der Waals surface area contributed by atoms with Gasteiger partial charge in [0.15, 0.2) is 0 Å². The first-order chi connectivity index (χ1) is 8.63. The van der Waals surface area contributed by atoms with Gasteiger partial charge in [0, 0.05) is 18.8 Å². The molecule has 2 rings (SSSR count). The largest absolute Gasteiger partial charge is 0.497 e. The van der Waals surface area contributed by atoms with Crippen molar-refractivity contribution < 1.29 is 9.53 Å². The first-order valence-corrected chi connectivity index (χ1v) is 6.28. The minimum Gasteiger partial charge on any atom is -0.497 e. The number of nitrogens with zero attached hydrogens (tertiary/aromatic N) is 1. The molecule has 2 atom stereocenters. The molecule has 1 fully saturated rings. The van der Waals surface area contributed by atoms with Crippen LogP contribution in [0.3, 0.4) is 0 Å². The molecule has 0 aromatic heterocycles. The average Bonchev–Trinajstić information content (AvgIpc) is 2.83. The number of nitrogens with one attached hydrogen (secondary N) is 1. The molecule has 1 aromatic rings. The van der Waals surface area contributed by atoms with Gasteiger partial charge in [0.2, 0.25) is 5.91 Å². The van der Waals surface area contributed by atoms with E-state index in [1.165, 1.54) is 0 Å². The summed E-state index contributed by atoms with van der Waals surface area (Å²) in [6.07, 6.45) is 0.917. The zero-order valence-electron chi connectivity index (χ0n) is 11.1. The second-order valence-corrected chi connectivity index (χ2v) is 4.73. The lowest BCUT2D eigenvalue weighted by Gasteiger charge is -2.23. The van der Waals surface area contributed by atoms with Gasteiger partial charge in [-0.1, -0.05) is 0 Å². The van der Waals surface area contributed by atoms with Crippen LogP contribution in [0.25, 0.3) is 0 Å². The minimum absolute atomic E-state index is 0.0806. The molecule has 0 bridgehead atoms. The molecule has 4 heteroatoms. The van der Waals surface area contributed by atoms with Crippen LogP contribution in [0.4, 0.5) is 5.69 Å². The molecule has 0 saturated carbocycles. The first-order valence-electron chi connectivity index (χ1n) is 6.28. The lowest BCUT2D eigenvalue weighted by atomic mass is 10.0. The van der Waals surface area contributed by atoms with Crippen LogP contribution in [-0.2, 0) is 4.79 Å². The van der Waals surface area contributed by atoms with Crippen molar-refractivity contribution in [2.24, 2.45) is 5.92 Å². The van der Waals surface area contributed by atoms with Crippen molar-refractivity contribution in [3.05, 3.63) is 24.3 Å². The van der Waals surface area contributed by atoms with E-state index in [1.807, 2.05) is 31.3 Å². The van der Waals surface area contributed by atoms with Gasteiger partial charge in [-0.3, -0.25) is 4.79 Å². The molecular weight excluding hydrogens is 228 g/mol. The monoisotopic (exact) mass is 248 g/mol. The van der Waals surface area contributed by atoms with Gasteiger partial charge in [-0.2, -0.15) is 0 Å². The fraction of sp³-hybridized carbons (Fsp3) is 0.500. The zero-order valence-corrected chi connectivity index (χ0v) is 11.1. The number of methoxy groups -OCH3 is 1. The third-order valence-corrected chi connectivity index (χ3v) is 3.63. The summed E-state index contributed by atoms with van der Waals surface area (Å²) in [6, 6.07) is 7.82. The number of benzene rings is 1. The Labute approximate surface area is 108 Å². The van der Waals surface area contributed by atoms with E-state index in [-0.39, 0.29) is 17.9 Å². The number of ether oxygens (including phenoxy) is 1. The molecule has 0 radical (unpaired) electrons. The summed E-state index contributed by atoms with van der Waals surface area (Å²) in [5.74, 6) is 1.06. The van der Waals surface area contributed by atoms with E-state index in [2.05, 4.69) is 12.2 Å². The Hall–Kier alpha value is -1.55. The van der Waals surface area contributed by atoms with Gasteiger partial charge in [0.1, 0.15) is 5.75 Å². The van der Waals surface area contributed by atoms with Crippen LogP contribution in [0.5, 0.6) is 5.75 Å². The molecule has 4 nitrogen and oxygen atoms in total. The van der Waals surface area contributed by atoms with E-state index >= 15 is 0 Å². The summed E-state index contributed by atoms with van der Waals surface area (Å²) in [5.41, 5.74) is 0.903. The van der Waals surface area contributed by atoms with Gasteiger partial charge >= 0.3 is 0 Å². The average molecular weight is 248 g/mol. The topological polar surface area (TPSA) is 41.6 Å². The predicted octanol–water partition coefficient (Wildman–Crippen LogP) is 1.66. The molecular formula is C14H20N2O2. The Morgan fingerprint density at radius 1 is 1.39 bits per heavy atom. The predicted molar refractivity (Wildman–Crippen MR) is 72.0 cm³/mol. The smallest absolute Gasteiger partial charge is 0.231 e. The van der Waals surface area contributed by atoms with E-state index in [9.17, 15) is 4.79 Å². The normalized spacial score (nSPS) is 22.8. The van der Waals surface area contributed by atoms with Crippen LogP contribution in [0.2, 0.25) is 0 Å². The SMILES string of the molecule is COc1ccc(N(C)C(=O)C2CCNC2C)cc1. The molecule has 2 unspecified atom stereocenters. The lowest BCUT2D eigenvalue weighted by Crippen LogP contribution is -2.38. The Balaban J connectivity index is 2.09. The molecule has 1 N–H and O–H groups in total. The van der Waals surface area contributed by atoms with E-state index in [1.54, 1.807) is 12.0 Å². The molecule has 0 spiro atoms.